The lowest BCUT2D eigenvalue weighted by Gasteiger charge is -2.45. The first-order valence-corrected chi connectivity index (χ1v) is 19.5. The van der Waals surface area contributed by atoms with E-state index in [0.29, 0.717) is 11.3 Å². The van der Waals surface area contributed by atoms with Gasteiger partial charge in [-0.3, -0.25) is 0 Å². The minimum atomic E-state index is 0.332. The average molecular weight is 622 g/mol. The van der Waals surface area contributed by atoms with E-state index in [1.54, 1.807) is 5.31 Å². The molecule has 1 saturated carbocycles. The first kappa shape index (κ1) is 40.6. The molecule has 1 rings (SSSR count). The number of allylic oxidation sites excluding steroid dienone is 12. The van der Waals surface area contributed by atoms with Crippen LogP contribution in [-0.4, -0.2) is 31.7 Å². The summed E-state index contributed by atoms with van der Waals surface area (Å²) in [6.45, 7) is 34.3. The van der Waals surface area contributed by atoms with Gasteiger partial charge in [0, 0.05) is 0 Å². The van der Waals surface area contributed by atoms with Gasteiger partial charge in [-0.05, 0) is 163 Å². The van der Waals surface area contributed by atoms with E-state index in [1.165, 1.54) is 111 Å². The number of rotatable bonds is 22. The molecule has 250 valence electrons. The third-order valence-corrected chi connectivity index (χ3v) is 12.1. The predicted octanol–water partition coefficient (Wildman–Crippen LogP) is 13.2. The van der Waals surface area contributed by atoms with Crippen LogP contribution >= 0.6 is 8.58 Å². The summed E-state index contributed by atoms with van der Waals surface area (Å²) in [5.74, 6) is 2.20. The van der Waals surface area contributed by atoms with Crippen LogP contribution in [0.2, 0.25) is 0 Å². The molecule has 4 unspecified atom stereocenters. The average Bonchev–Trinajstić information content (AvgIpc) is 2.97. The van der Waals surface area contributed by atoms with Crippen molar-refractivity contribution in [2.24, 2.45) is 23.2 Å². The zero-order valence-electron chi connectivity index (χ0n) is 31.2. The summed E-state index contributed by atoms with van der Waals surface area (Å²) in [5.41, 5.74) is 8.54. The lowest BCUT2D eigenvalue weighted by molar-refractivity contribution is 0.181. The third-order valence-electron chi connectivity index (χ3n) is 10.7. The van der Waals surface area contributed by atoms with Gasteiger partial charge in [-0.2, -0.15) is 0 Å². The summed E-state index contributed by atoms with van der Waals surface area (Å²) >= 11 is 0. The maximum Gasteiger partial charge on any atom is -0.00192 e. The van der Waals surface area contributed by atoms with E-state index >= 15 is 0 Å². The van der Waals surface area contributed by atoms with Crippen LogP contribution in [-0.2, 0) is 0 Å². The summed E-state index contributed by atoms with van der Waals surface area (Å²) in [7, 11) is 3.14. The van der Waals surface area contributed by atoms with Crippen LogP contribution in [0, 0.1) is 23.2 Å². The standard InChI is InChI=1S/C42H72NP/c1-14-21-34(7)40(17-4)38(11)41(44-13)42(25-20-26-42)27-23-39(16-3)37(10)31-36(9)35(8)30-33(6)24-29-43(12)28-19-18-22-32(5)15-2/h14,16-17,21,31-33,35,44H,4,10,15,18-20,22-30H2,1-3,5-9,11-13H3/b21-14-,36-31+,39-16-,40-34+,41-38-. The van der Waals surface area contributed by atoms with Crippen molar-refractivity contribution < 1.29 is 0 Å². The molecule has 0 aromatic carbocycles. The Labute approximate surface area is 278 Å². The van der Waals surface area contributed by atoms with Gasteiger partial charge >= 0.3 is 0 Å². The van der Waals surface area contributed by atoms with Crippen molar-refractivity contribution in [3.05, 3.63) is 82.3 Å². The second-order valence-corrected chi connectivity index (χ2v) is 15.3. The molecular weight excluding hydrogens is 549 g/mol. The molecule has 4 atom stereocenters. The molecule has 0 aromatic rings. The Hall–Kier alpha value is -1.43. The van der Waals surface area contributed by atoms with E-state index in [2.05, 4.69) is 124 Å². The summed E-state index contributed by atoms with van der Waals surface area (Å²) in [6, 6.07) is 0. The summed E-state index contributed by atoms with van der Waals surface area (Å²) in [5, 5.41) is 1.68. The Bertz CT molecular complexity index is 1040. The van der Waals surface area contributed by atoms with Gasteiger partial charge in [-0.1, -0.05) is 111 Å². The number of nitrogens with zero attached hydrogens (tertiary/aromatic N) is 1. The number of hydrogen-bond donors (Lipinski definition) is 0. The van der Waals surface area contributed by atoms with Crippen molar-refractivity contribution >= 4 is 8.58 Å². The minimum Gasteiger partial charge on any atom is -0.306 e. The highest BCUT2D eigenvalue weighted by atomic mass is 31.1. The van der Waals surface area contributed by atoms with Crippen LogP contribution in [0.5, 0.6) is 0 Å². The maximum atomic E-state index is 4.58. The normalized spacial score (nSPS) is 19.2. The lowest BCUT2D eigenvalue weighted by atomic mass is 9.64. The van der Waals surface area contributed by atoms with E-state index < -0.39 is 0 Å². The molecule has 0 heterocycles. The molecular formula is C42H72NP. The van der Waals surface area contributed by atoms with Gasteiger partial charge in [0.05, 0.1) is 0 Å². The van der Waals surface area contributed by atoms with Crippen LogP contribution in [0.4, 0.5) is 0 Å². The molecule has 44 heavy (non-hydrogen) atoms. The Morgan fingerprint density at radius 2 is 1.68 bits per heavy atom. The SMILES string of the molecule is C=CC(/C(C)=C(\PC)C1(CC/C(=C/C)C(=C)/C=C(\C)C(C)CC(C)CCN(C)CCCCC(C)CC)CCC1)=C(C)\C=C/C. The van der Waals surface area contributed by atoms with Gasteiger partial charge in [-0.25, -0.2) is 0 Å². The smallest absolute Gasteiger partial charge is 0.00192 e. The van der Waals surface area contributed by atoms with Gasteiger partial charge in [0.1, 0.15) is 0 Å². The Kier molecular flexibility index (Phi) is 19.7. The van der Waals surface area contributed by atoms with Crippen molar-refractivity contribution in [2.75, 3.05) is 26.8 Å². The number of unbranched alkanes of at least 4 members (excludes halogenated alkanes) is 1. The molecule has 1 aliphatic rings. The Morgan fingerprint density at radius 3 is 2.20 bits per heavy atom. The lowest BCUT2D eigenvalue weighted by Crippen LogP contribution is -2.31. The van der Waals surface area contributed by atoms with E-state index in [1.807, 2.05) is 0 Å². The molecule has 1 aliphatic carbocycles. The van der Waals surface area contributed by atoms with Crippen LogP contribution in [0.15, 0.2) is 82.3 Å². The van der Waals surface area contributed by atoms with E-state index in [4.69, 9.17) is 0 Å². The van der Waals surface area contributed by atoms with Gasteiger partial charge < -0.3 is 4.90 Å². The van der Waals surface area contributed by atoms with Gasteiger partial charge in [0.15, 0.2) is 0 Å². The first-order valence-electron chi connectivity index (χ1n) is 18.0. The van der Waals surface area contributed by atoms with Crippen molar-refractivity contribution in [3.63, 3.8) is 0 Å². The molecule has 0 spiro atoms. The van der Waals surface area contributed by atoms with Crippen LogP contribution in [0.3, 0.4) is 0 Å². The maximum absolute atomic E-state index is 4.58. The summed E-state index contributed by atoms with van der Waals surface area (Å²) in [6.07, 6.45) is 25.4. The van der Waals surface area contributed by atoms with Crippen molar-refractivity contribution in [1.29, 1.82) is 0 Å². The van der Waals surface area contributed by atoms with E-state index in [9.17, 15) is 0 Å². The van der Waals surface area contributed by atoms with Crippen LogP contribution < -0.4 is 0 Å². The Balaban J connectivity index is 2.79. The summed E-state index contributed by atoms with van der Waals surface area (Å²) in [4.78, 5) is 2.55. The van der Waals surface area contributed by atoms with Gasteiger partial charge in [0.25, 0.3) is 0 Å². The highest BCUT2D eigenvalue weighted by molar-refractivity contribution is 7.42. The number of hydrogen-bond acceptors (Lipinski definition) is 1. The predicted molar refractivity (Wildman–Crippen MR) is 205 cm³/mol. The molecule has 1 fully saturated rings. The fourth-order valence-electron chi connectivity index (χ4n) is 7.08. The molecule has 0 bridgehead atoms. The molecule has 0 aromatic heterocycles. The Morgan fingerprint density at radius 1 is 1.00 bits per heavy atom. The molecule has 0 saturated heterocycles. The highest BCUT2D eigenvalue weighted by Crippen LogP contribution is 2.57. The first-order chi connectivity index (χ1) is 20.9. The zero-order chi connectivity index (χ0) is 33.3. The molecule has 0 amide bonds. The zero-order valence-corrected chi connectivity index (χ0v) is 32.2. The largest absolute Gasteiger partial charge is 0.306 e. The molecule has 1 nitrogen and oxygen atoms in total. The molecule has 2 heteroatoms. The van der Waals surface area contributed by atoms with E-state index in [-0.39, 0.29) is 0 Å². The minimum absolute atomic E-state index is 0.332. The molecule has 0 N–H and O–H groups in total. The van der Waals surface area contributed by atoms with E-state index in [0.717, 1.165) is 26.8 Å². The van der Waals surface area contributed by atoms with Crippen molar-refractivity contribution in [3.8, 4) is 0 Å². The fourth-order valence-corrected chi connectivity index (χ4v) is 8.49. The van der Waals surface area contributed by atoms with Crippen LogP contribution in [0.1, 0.15) is 133 Å². The summed E-state index contributed by atoms with van der Waals surface area (Å²) < 4.78 is 0. The highest BCUT2D eigenvalue weighted by Gasteiger charge is 2.40. The topological polar surface area (TPSA) is 3.24 Å². The molecule has 0 aliphatic heterocycles. The van der Waals surface area contributed by atoms with Crippen molar-refractivity contribution in [2.45, 2.75) is 133 Å². The monoisotopic (exact) mass is 622 g/mol. The van der Waals surface area contributed by atoms with Crippen LogP contribution in [0.25, 0.3) is 0 Å². The second-order valence-electron chi connectivity index (χ2n) is 14.3. The molecule has 0 radical (unpaired) electrons. The second kappa shape index (κ2) is 21.4. The van der Waals surface area contributed by atoms with Gasteiger partial charge in [-0.15, -0.1) is 0 Å². The van der Waals surface area contributed by atoms with Crippen molar-refractivity contribution in [1.82, 2.24) is 4.90 Å². The fraction of sp³-hybridized carbons (Fsp3) is 0.667. The third kappa shape index (κ3) is 13.1. The quantitative estimate of drug-likeness (QED) is 0.0660. The van der Waals surface area contributed by atoms with Gasteiger partial charge in [0.2, 0.25) is 0 Å².